The molecule has 2 fully saturated rings. The number of carbonyl (C=O) groups excluding carboxylic acids is 1. The number of halogens is 1. The highest BCUT2D eigenvalue weighted by Gasteiger charge is 2.51. The van der Waals surface area contributed by atoms with Crippen molar-refractivity contribution in [3.63, 3.8) is 0 Å². The fraction of sp³-hybridized carbons (Fsp3) is 0.500. The van der Waals surface area contributed by atoms with E-state index in [1.807, 2.05) is 24.0 Å². The molecule has 2 saturated heterocycles. The fourth-order valence-corrected chi connectivity index (χ4v) is 4.16. The standard InChI is InChI=1S/C18H21ClN4O3/c1-12-20-16(26-22-12)15-10-23(11-18(15)5-7-25-8-6-18)17(24)21-14-4-2-3-13(19)9-14/h2-4,9,15H,5-8,10-11H2,1H3,(H,21,24)/t15-/m0/s1. The molecule has 0 radical (unpaired) electrons. The molecule has 8 heteroatoms. The van der Waals surface area contributed by atoms with Crippen molar-refractivity contribution in [1.29, 1.82) is 0 Å². The van der Waals surface area contributed by atoms with Gasteiger partial charge in [0.05, 0.1) is 5.92 Å². The Morgan fingerprint density at radius 3 is 2.88 bits per heavy atom. The van der Waals surface area contributed by atoms with Crippen molar-refractivity contribution in [3.05, 3.63) is 41.0 Å². The van der Waals surface area contributed by atoms with Crippen molar-refractivity contribution in [2.45, 2.75) is 25.7 Å². The lowest BCUT2D eigenvalue weighted by Crippen LogP contribution is -2.38. The first kappa shape index (κ1) is 17.3. The Hall–Kier alpha value is -2.12. The van der Waals surface area contributed by atoms with Crippen LogP contribution in [0.1, 0.15) is 30.5 Å². The topological polar surface area (TPSA) is 80.5 Å². The Morgan fingerprint density at radius 2 is 2.19 bits per heavy atom. The summed E-state index contributed by atoms with van der Waals surface area (Å²) in [7, 11) is 0. The molecule has 0 bridgehead atoms. The summed E-state index contributed by atoms with van der Waals surface area (Å²) in [5.74, 6) is 1.25. The van der Waals surface area contributed by atoms with Crippen LogP contribution >= 0.6 is 11.6 Å². The maximum absolute atomic E-state index is 12.8. The van der Waals surface area contributed by atoms with E-state index in [0.717, 1.165) is 12.8 Å². The van der Waals surface area contributed by atoms with Gasteiger partial charge in [0, 0.05) is 42.4 Å². The smallest absolute Gasteiger partial charge is 0.321 e. The summed E-state index contributed by atoms with van der Waals surface area (Å²) >= 11 is 6.00. The Labute approximate surface area is 156 Å². The van der Waals surface area contributed by atoms with E-state index in [1.165, 1.54) is 0 Å². The van der Waals surface area contributed by atoms with Gasteiger partial charge in [-0.2, -0.15) is 4.98 Å². The van der Waals surface area contributed by atoms with Gasteiger partial charge in [0.25, 0.3) is 0 Å². The number of amides is 2. The summed E-state index contributed by atoms with van der Waals surface area (Å²) in [6, 6.07) is 7.00. The van der Waals surface area contributed by atoms with Gasteiger partial charge in [-0.15, -0.1) is 0 Å². The molecule has 7 nitrogen and oxygen atoms in total. The van der Waals surface area contributed by atoms with Gasteiger partial charge >= 0.3 is 6.03 Å². The van der Waals surface area contributed by atoms with Crippen LogP contribution in [0.3, 0.4) is 0 Å². The largest absolute Gasteiger partial charge is 0.381 e. The quantitative estimate of drug-likeness (QED) is 0.868. The molecule has 1 aromatic carbocycles. The summed E-state index contributed by atoms with van der Waals surface area (Å²) in [4.78, 5) is 19.1. The molecule has 1 N–H and O–H groups in total. The number of likely N-dealkylation sites (tertiary alicyclic amines) is 1. The molecule has 2 aliphatic heterocycles. The number of anilines is 1. The number of ether oxygens (including phenoxy) is 1. The second-order valence-corrected chi connectivity index (χ2v) is 7.46. The number of urea groups is 1. The van der Waals surface area contributed by atoms with Gasteiger partial charge < -0.3 is 19.5 Å². The molecular weight excluding hydrogens is 356 g/mol. The summed E-state index contributed by atoms with van der Waals surface area (Å²) in [5.41, 5.74) is 0.601. The zero-order chi connectivity index (χ0) is 18.1. The minimum Gasteiger partial charge on any atom is -0.381 e. The van der Waals surface area contributed by atoms with Gasteiger partial charge in [-0.3, -0.25) is 0 Å². The number of nitrogens with zero attached hydrogens (tertiary/aromatic N) is 3. The maximum atomic E-state index is 12.8. The molecule has 0 unspecified atom stereocenters. The van der Waals surface area contributed by atoms with Crippen LogP contribution in [0.5, 0.6) is 0 Å². The van der Waals surface area contributed by atoms with Crippen molar-refractivity contribution >= 4 is 23.3 Å². The first-order valence-corrected chi connectivity index (χ1v) is 9.13. The minimum absolute atomic E-state index is 0.0257. The van der Waals surface area contributed by atoms with Gasteiger partial charge in [-0.25, -0.2) is 4.79 Å². The van der Waals surface area contributed by atoms with Crippen LogP contribution in [0.4, 0.5) is 10.5 Å². The summed E-state index contributed by atoms with van der Waals surface area (Å²) < 4.78 is 11.0. The predicted molar refractivity (Wildman–Crippen MR) is 96.3 cm³/mol. The highest BCUT2D eigenvalue weighted by molar-refractivity contribution is 6.30. The van der Waals surface area contributed by atoms with E-state index in [1.54, 1.807) is 12.1 Å². The van der Waals surface area contributed by atoms with Crippen molar-refractivity contribution in [3.8, 4) is 0 Å². The van der Waals surface area contributed by atoms with E-state index in [-0.39, 0.29) is 17.4 Å². The molecule has 0 saturated carbocycles. The molecule has 1 atom stereocenters. The number of aromatic nitrogens is 2. The molecule has 3 heterocycles. The second kappa shape index (κ2) is 6.89. The average molecular weight is 377 g/mol. The van der Waals surface area contributed by atoms with E-state index >= 15 is 0 Å². The first-order valence-electron chi connectivity index (χ1n) is 8.75. The molecule has 1 spiro atoms. The van der Waals surface area contributed by atoms with Gasteiger partial charge in [-0.05, 0) is 38.0 Å². The average Bonchev–Trinajstić information content (AvgIpc) is 3.20. The minimum atomic E-state index is -0.142. The maximum Gasteiger partial charge on any atom is 0.321 e. The number of rotatable bonds is 2. The zero-order valence-corrected chi connectivity index (χ0v) is 15.3. The van der Waals surface area contributed by atoms with Gasteiger partial charge in [0.15, 0.2) is 5.82 Å². The van der Waals surface area contributed by atoms with Crippen LogP contribution in [0.15, 0.2) is 28.8 Å². The Balaban J connectivity index is 1.55. The lowest BCUT2D eigenvalue weighted by atomic mass is 9.72. The molecule has 1 aromatic heterocycles. The Kier molecular flexibility index (Phi) is 4.58. The number of hydrogen-bond acceptors (Lipinski definition) is 5. The number of nitrogens with one attached hydrogen (secondary N) is 1. The van der Waals surface area contributed by atoms with Gasteiger partial charge in [0.2, 0.25) is 5.89 Å². The highest BCUT2D eigenvalue weighted by Crippen LogP contribution is 2.49. The molecule has 2 amide bonds. The lowest BCUT2D eigenvalue weighted by molar-refractivity contribution is 0.00959. The van der Waals surface area contributed by atoms with E-state index in [2.05, 4.69) is 15.5 Å². The summed E-state index contributed by atoms with van der Waals surface area (Å²) in [6.45, 7) is 4.38. The van der Waals surface area contributed by atoms with Crippen LogP contribution in [0.2, 0.25) is 5.02 Å². The van der Waals surface area contributed by atoms with E-state index in [0.29, 0.717) is 48.7 Å². The highest BCUT2D eigenvalue weighted by atomic mass is 35.5. The summed E-state index contributed by atoms with van der Waals surface area (Å²) in [6.07, 6.45) is 1.75. The lowest BCUT2D eigenvalue weighted by Gasteiger charge is -2.36. The molecule has 2 aliphatic rings. The number of hydrogen-bond donors (Lipinski definition) is 1. The second-order valence-electron chi connectivity index (χ2n) is 7.03. The number of aryl methyl sites for hydroxylation is 1. The third-order valence-corrected chi connectivity index (χ3v) is 5.58. The monoisotopic (exact) mass is 376 g/mol. The van der Waals surface area contributed by atoms with E-state index in [4.69, 9.17) is 20.9 Å². The van der Waals surface area contributed by atoms with Crippen LogP contribution in [0.25, 0.3) is 0 Å². The molecular formula is C18H21ClN4O3. The van der Waals surface area contributed by atoms with Crippen LogP contribution in [-0.4, -0.2) is 47.4 Å². The predicted octanol–water partition coefficient (Wildman–Crippen LogP) is 3.46. The van der Waals surface area contributed by atoms with Crippen LogP contribution < -0.4 is 5.32 Å². The normalized spacial score (nSPS) is 21.9. The number of benzene rings is 1. The van der Waals surface area contributed by atoms with Crippen molar-refractivity contribution < 1.29 is 14.1 Å². The van der Waals surface area contributed by atoms with Gasteiger partial charge in [-0.1, -0.05) is 22.8 Å². The van der Waals surface area contributed by atoms with E-state index < -0.39 is 0 Å². The zero-order valence-electron chi connectivity index (χ0n) is 14.6. The van der Waals surface area contributed by atoms with Crippen molar-refractivity contribution in [2.75, 3.05) is 31.6 Å². The summed E-state index contributed by atoms with van der Waals surface area (Å²) in [5, 5.41) is 7.45. The molecule has 26 heavy (non-hydrogen) atoms. The Bertz CT molecular complexity index is 803. The van der Waals surface area contributed by atoms with E-state index in [9.17, 15) is 4.79 Å². The first-order chi connectivity index (χ1) is 12.6. The van der Waals surface area contributed by atoms with Crippen LogP contribution in [0, 0.1) is 12.3 Å². The molecule has 138 valence electrons. The molecule has 0 aliphatic carbocycles. The van der Waals surface area contributed by atoms with Crippen LogP contribution in [-0.2, 0) is 4.74 Å². The number of carbonyl (C=O) groups is 1. The van der Waals surface area contributed by atoms with Crippen molar-refractivity contribution in [2.24, 2.45) is 5.41 Å². The SMILES string of the molecule is Cc1noc([C@@H]2CN(C(=O)Nc3cccc(Cl)c3)CC23CCOCC3)n1. The molecule has 4 rings (SSSR count). The van der Waals surface area contributed by atoms with Gasteiger partial charge in [0.1, 0.15) is 0 Å². The third kappa shape index (κ3) is 3.29. The third-order valence-electron chi connectivity index (χ3n) is 5.34. The molecule has 2 aromatic rings. The van der Waals surface area contributed by atoms with Crippen molar-refractivity contribution in [1.82, 2.24) is 15.0 Å². The Morgan fingerprint density at radius 1 is 1.38 bits per heavy atom. The fourth-order valence-electron chi connectivity index (χ4n) is 3.97.